The predicted molar refractivity (Wildman–Crippen MR) is 72.7 cm³/mol. The number of carboxylic acid groups (broad SMARTS) is 1. The van der Waals surface area contributed by atoms with Crippen molar-refractivity contribution in [1.82, 2.24) is 5.32 Å². The third-order valence-electron chi connectivity index (χ3n) is 2.84. The number of carboxylic acids is 1. The second kappa shape index (κ2) is 5.97. The molecule has 0 radical (unpaired) electrons. The van der Waals surface area contributed by atoms with Crippen LogP contribution in [0.5, 0.6) is 5.75 Å². The molecule has 104 valence electrons. The Bertz CT molecular complexity index is 565. The Morgan fingerprint density at radius 1 is 1.50 bits per heavy atom. The van der Waals surface area contributed by atoms with Crippen LogP contribution in [0.3, 0.4) is 0 Å². The van der Waals surface area contributed by atoms with E-state index >= 15 is 0 Å². The van der Waals surface area contributed by atoms with Crippen molar-refractivity contribution in [3.8, 4) is 18.1 Å². The number of hydrogen-bond acceptors (Lipinski definition) is 3. The van der Waals surface area contributed by atoms with Crippen LogP contribution < -0.4 is 15.0 Å². The zero-order chi connectivity index (χ0) is 14.5. The van der Waals surface area contributed by atoms with Crippen molar-refractivity contribution in [2.45, 2.75) is 12.5 Å². The van der Waals surface area contributed by atoms with Gasteiger partial charge in [0.15, 0.2) is 0 Å². The van der Waals surface area contributed by atoms with E-state index in [9.17, 15) is 9.59 Å². The number of ether oxygens (including phenoxy) is 1. The Morgan fingerprint density at radius 2 is 2.25 bits per heavy atom. The second-order valence-corrected chi connectivity index (χ2v) is 4.21. The first-order valence-corrected chi connectivity index (χ1v) is 6.11. The lowest BCUT2D eigenvalue weighted by Gasteiger charge is -2.32. The third kappa shape index (κ3) is 2.83. The standard InChI is InChI=1S/C14H14N2O4/c1-2-3-8-15-14(19)16-9-12(13(17)18)20-11-7-5-4-6-10(11)16/h1,4-7,12H,3,8-9H2,(H,15,19)(H,17,18). The third-order valence-corrected chi connectivity index (χ3v) is 2.84. The van der Waals surface area contributed by atoms with Gasteiger partial charge in [0, 0.05) is 13.0 Å². The van der Waals surface area contributed by atoms with Gasteiger partial charge in [0.2, 0.25) is 6.10 Å². The molecule has 1 heterocycles. The Hall–Kier alpha value is -2.68. The summed E-state index contributed by atoms with van der Waals surface area (Å²) in [6, 6.07) is 6.42. The van der Waals surface area contributed by atoms with Crippen molar-refractivity contribution in [2.75, 3.05) is 18.0 Å². The summed E-state index contributed by atoms with van der Waals surface area (Å²) in [7, 11) is 0. The van der Waals surface area contributed by atoms with Gasteiger partial charge in [-0.1, -0.05) is 12.1 Å². The van der Waals surface area contributed by atoms with Gasteiger partial charge in [-0.25, -0.2) is 9.59 Å². The van der Waals surface area contributed by atoms with Crippen LogP contribution in [-0.4, -0.2) is 36.3 Å². The molecule has 0 saturated carbocycles. The van der Waals surface area contributed by atoms with E-state index in [1.807, 2.05) is 0 Å². The summed E-state index contributed by atoms with van der Waals surface area (Å²) in [4.78, 5) is 24.5. The number of aliphatic carboxylic acids is 1. The minimum atomic E-state index is -1.11. The van der Waals surface area contributed by atoms with Crippen molar-refractivity contribution in [1.29, 1.82) is 0 Å². The summed E-state index contributed by atoms with van der Waals surface area (Å²) in [5, 5.41) is 11.7. The van der Waals surface area contributed by atoms with Crippen molar-refractivity contribution >= 4 is 17.7 Å². The van der Waals surface area contributed by atoms with Crippen LogP contribution in [-0.2, 0) is 4.79 Å². The quantitative estimate of drug-likeness (QED) is 0.638. The number of hydrogen-bond donors (Lipinski definition) is 2. The summed E-state index contributed by atoms with van der Waals surface area (Å²) < 4.78 is 5.35. The SMILES string of the molecule is C#CCCNC(=O)N1CC(C(=O)O)Oc2ccccc21. The number of fused-ring (bicyclic) bond motifs is 1. The van der Waals surface area contributed by atoms with Crippen LogP contribution >= 0.6 is 0 Å². The highest BCUT2D eigenvalue weighted by atomic mass is 16.5. The highest BCUT2D eigenvalue weighted by Gasteiger charge is 2.33. The number of anilines is 1. The average Bonchev–Trinajstić information content (AvgIpc) is 2.46. The monoisotopic (exact) mass is 274 g/mol. The molecule has 6 nitrogen and oxygen atoms in total. The number of urea groups is 1. The molecule has 1 aromatic rings. The van der Waals surface area contributed by atoms with Crippen molar-refractivity contribution < 1.29 is 19.4 Å². The molecule has 0 bridgehead atoms. The number of rotatable bonds is 3. The van der Waals surface area contributed by atoms with Crippen LogP contribution in [0, 0.1) is 12.3 Å². The normalized spacial score (nSPS) is 16.6. The first-order chi connectivity index (χ1) is 9.63. The number of carbonyl (C=O) groups is 2. The lowest BCUT2D eigenvalue weighted by molar-refractivity contribution is -0.144. The maximum atomic E-state index is 12.1. The smallest absolute Gasteiger partial charge is 0.346 e. The zero-order valence-corrected chi connectivity index (χ0v) is 10.7. The van der Waals surface area contributed by atoms with Crippen LogP contribution in [0.1, 0.15) is 6.42 Å². The minimum absolute atomic E-state index is 0.0474. The van der Waals surface area contributed by atoms with Crippen molar-refractivity contribution in [3.63, 3.8) is 0 Å². The summed E-state index contributed by atoms with van der Waals surface area (Å²) in [5.41, 5.74) is 0.545. The molecule has 0 aromatic heterocycles. The summed E-state index contributed by atoms with van der Waals surface area (Å²) >= 11 is 0. The van der Waals surface area contributed by atoms with Gasteiger partial charge in [-0.15, -0.1) is 12.3 Å². The van der Waals surface area contributed by atoms with E-state index in [2.05, 4.69) is 11.2 Å². The van der Waals surface area contributed by atoms with E-state index in [1.165, 1.54) is 4.90 Å². The molecule has 2 amide bonds. The second-order valence-electron chi connectivity index (χ2n) is 4.21. The maximum Gasteiger partial charge on any atom is 0.346 e. The number of benzene rings is 1. The highest BCUT2D eigenvalue weighted by molar-refractivity contribution is 5.95. The number of nitrogens with one attached hydrogen (secondary N) is 1. The molecule has 1 aliphatic rings. The number of terminal acetylenes is 1. The Balaban J connectivity index is 2.20. The molecule has 20 heavy (non-hydrogen) atoms. The summed E-state index contributed by atoms with van der Waals surface area (Å²) in [6.07, 6.45) is 4.46. The average molecular weight is 274 g/mol. The fourth-order valence-corrected chi connectivity index (χ4v) is 1.89. The summed E-state index contributed by atoms with van der Waals surface area (Å²) in [6.45, 7) is 0.292. The molecule has 6 heteroatoms. The molecule has 0 saturated heterocycles. The lowest BCUT2D eigenvalue weighted by Crippen LogP contribution is -2.50. The Labute approximate surface area is 116 Å². The number of nitrogens with zero attached hydrogens (tertiary/aromatic N) is 1. The van der Waals surface area contributed by atoms with E-state index in [4.69, 9.17) is 16.3 Å². The summed E-state index contributed by atoms with van der Waals surface area (Å²) in [5.74, 6) is 1.68. The largest absolute Gasteiger partial charge is 0.478 e. The first-order valence-electron chi connectivity index (χ1n) is 6.11. The predicted octanol–water partition coefficient (Wildman–Crippen LogP) is 1.07. The molecule has 1 aliphatic heterocycles. The van der Waals surface area contributed by atoms with Gasteiger partial charge in [-0.2, -0.15) is 0 Å². The molecule has 2 rings (SSSR count). The number of amides is 2. The molecule has 0 fully saturated rings. The van der Waals surface area contributed by atoms with Gasteiger partial charge >= 0.3 is 12.0 Å². The molecule has 1 unspecified atom stereocenters. The Morgan fingerprint density at radius 3 is 2.95 bits per heavy atom. The fourth-order valence-electron chi connectivity index (χ4n) is 1.89. The molecule has 0 aliphatic carbocycles. The van der Waals surface area contributed by atoms with Crippen LogP contribution in [0.25, 0.3) is 0 Å². The molecule has 2 N–H and O–H groups in total. The lowest BCUT2D eigenvalue weighted by atomic mass is 10.2. The van der Waals surface area contributed by atoms with Crippen LogP contribution in [0.4, 0.5) is 10.5 Å². The van der Waals surface area contributed by atoms with E-state index in [0.717, 1.165) is 0 Å². The topological polar surface area (TPSA) is 78.9 Å². The Kier molecular flexibility index (Phi) is 4.11. The van der Waals surface area contributed by atoms with Crippen LogP contribution in [0.15, 0.2) is 24.3 Å². The van der Waals surface area contributed by atoms with Gasteiger partial charge in [-0.05, 0) is 12.1 Å². The number of carbonyl (C=O) groups excluding carboxylic acids is 1. The van der Waals surface area contributed by atoms with Crippen molar-refractivity contribution in [3.05, 3.63) is 24.3 Å². The van der Waals surface area contributed by atoms with Gasteiger partial charge in [0.25, 0.3) is 0 Å². The van der Waals surface area contributed by atoms with Gasteiger partial charge in [-0.3, -0.25) is 4.90 Å². The van der Waals surface area contributed by atoms with E-state index < -0.39 is 12.1 Å². The van der Waals surface area contributed by atoms with Gasteiger partial charge in [0.05, 0.1) is 12.2 Å². The molecule has 1 aromatic carbocycles. The van der Waals surface area contributed by atoms with Gasteiger partial charge in [0.1, 0.15) is 5.75 Å². The fraction of sp³-hybridized carbons (Fsp3) is 0.286. The molecular formula is C14H14N2O4. The molecule has 0 spiro atoms. The van der Waals surface area contributed by atoms with E-state index in [-0.39, 0.29) is 12.6 Å². The molecular weight excluding hydrogens is 260 g/mol. The first kappa shape index (κ1) is 13.7. The van der Waals surface area contributed by atoms with Crippen LogP contribution in [0.2, 0.25) is 0 Å². The van der Waals surface area contributed by atoms with E-state index in [0.29, 0.717) is 24.4 Å². The zero-order valence-electron chi connectivity index (χ0n) is 10.7. The number of para-hydroxylation sites is 2. The molecule has 1 atom stereocenters. The van der Waals surface area contributed by atoms with E-state index in [1.54, 1.807) is 24.3 Å². The highest BCUT2D eigenvalue weighted by Crippen LogP contribution is 2.33. The van der Waals surface area contributed by atoms with Crippen molar-refractivity contribution in [2.24, 2.45) is 0 Å². The maximum absolute atomic E-state index is 12.1. The van der Waals surface area contributed by atoms with Gasteiger partial charge < -0.3 is 15.2 Å². The minimum Gasteiger partial charge on any atom is -0.478 e.